The predicted molar refractivity (Wildman–Crippen MR) is 103 cm³/mol. The van der Waals surface area contributed by atoms with Gasteiger partial charge in [-0.25, -0.2) is 0 Å². The van der Waals surface area contributed by atoms with E-state index >= 15 is 0 Å². The number of fused-ring (bicyclic) bond motifs is 1. The molecule has 3 aromatic heterocycles. The summed E-state index contributed by atoms with van der Waals surface area (Å²) in [7, 11) is 0. The summed E-state index contributed by atoms with van der Waals surface area (Å²) < 4.78 is 11.0. The van der Waals surface area contributed by atoms with Crippen molar-refractivity contribution in [3.05, 3.63) is 84.1 Å². The minimum atomic E-state index is -0.294. The molecule has 0 aliphatic heterocycles. The van der Waals surface area contributed by atoms with Gasteiger partial charge in [0.15, 0.2) is 11.5 Å². The number of aromatic nitrogens is 3. The second-order valence-corrected chi connectivity index (χ2v) is 6.13. The van der Waals surface area contributed by atoms with Gasteiger partial charge in [0, 0.05) is 42.5 Å². The number of benzene rings is 1. The number of pyridine rings is 2. The number of amides is 1. The number of carbonyl (C=O) groups excluding carboxylic acids is 1. The second-order valence-electron chi connectivity index (χ2n) is 6.13. The molecule has 1 amide bonds. The molecule has 0 aliphatic carbocycles. The van der Waals surface area contributed by atoms with Crippen LogP contribution in [0.5, 0.6) is 5.75 Å². The molecule has 1 N–H and O–H groups in total. The van der Waals surface area contributed by atoms with E-state index in [2.05, 4.69) is 20.4 Å². The van der Waals surface area contributed by atoms with Crippen molar-refractivity contribution in [3.63, 3.8) is 0 Å². The Morgan fingerprint density at radius 3 is 2.82 bits per heavy atom. The number of para-hydroxylation sites is 1. The van der Waals surface area contributed by atoms with Gasteiger partial charge in [-0.2, -0.15) is 0 Å². The van der Waals surface area contributed by atoms with Crippen LogP contribution < -0.4 is 10.1 Å². The lowest BCUT2D eigenvalue weighted by atomic mass is 10.2. The van der Waals surface area contributed by atoms with Crippen LogP contribution >= 0.6 is 0 Å². The maximum absolute atomic E-state index is 12.2. The highest BCUT2D eigenvalue weighted by Crippen LogP contribution is 2.23. The SMILES string of the molecule is O=C(NCCc1ccccn1)c1cc(COc2cccc3cccnc23)on1. The summed E-state index contributed by atoms with van der Waals surface area (Å²) in [5.74, 6) is 0.816. The number of hydrogen-bond acceptors (Lipinski definition) is 6. The molecular weight excluding hydrogens is 356 g/mol. The van der Waals surface area contributed by atoms with Gasteiger partial charge in [0.1, 0.15) is 17.9 Å². The van der Waals surface area contributed by atoms with E-state index in [1.54, 1.807) is 18.5 Å². The van der Waals surface area contributed by atoms with Gasteiger partial charge in [0.25, 0.3) is 5.91 Å². The van der Waals surface area contributed by atoms with E-state index in [9.17, 15) is 4.79 Å². The zero-order valence-electron chi connectivity index (χ0n) is 15.0. The Morgan fingerprint density at radius 1 is 1.04 bits per heavy atom. The van der Waals surface area contributed by atoms with Crippen LogP contribution in [0.4, 0.5) is 0 Å². The average molecular weight is 374 g/mol. The minimum Gasteiger partial charge on any atom is -0.483 e. The van der Waals surface area contributed by atoms with E-state index in [0.29, 0.717) is 24.5 Å². The van der Waals surface area contributed by atoms with Gasteiger partial charge in [-0.15, -0.1) is 0 Å². The molecular formula is C21H18N4O3. The summed E-state index contributed by atoms with van der Waals surface area (Å²) in [4.78, 5) is 20.8. The predicted octanol–water partition coefficient (Wildman–Crippen LogP) is 3.17. The third kappa shape index (κ3) is 4.15. The maximum Gasteiger partial charge on any atom is 0.273 e. The Hall–Kier alpha value is -3.74. The highest BCUT2D eigenvalue weighted by molar-refractivity contribution is 5.92. The van der Waals surface area contributed by atoms with E-state index in [-0.39, 0.29) is 18.2 Å². The van der Waals surface area contributed by atoms with E-state index in [0.717, 1.165) is 16.6 Å². The van der Waals surface area contributed by atoms with Gasteiger partial charge in [0.05, 0.1) is 0 Å². The third-order valence-corrected chi connectivity index (χ3v) is 4.15. The molecule has 0 unspecified atom stereocenters. The summed E-state index contributed by atoms with van der Waals surface area (Å²) in [6, 6.07) is 16.8. The van der Waals surface area contributed by atoms with Crippen LogP contribution in [0.15, 0.2) is 71.5 Å². The average Bonchev–Trinajstić information content (AvgIpc) is 3.22. The van der Waals surface area contributed by atoms with Gasteiger partial charge in [-0.05, 0) is 24.3 Å². The number of rotatable bonds is 7. The number of ether oxygens (including phenoxy) is 1. The standard InChI is InChI=1S/C21H18N4O3/c26-21(24-12-9-16-7-1-2-10-22-16)18-13-17(28-25-18)14-27-19-8-3-5-15-6-4-11-23-20(15)19/h1-8,10-11,13H,9,12,14H2,(H,24,26). The zero-order valence-corrected chi connectivity index (χ0v) is 15.0. The second kappa shape index (κ2) is 8.30. The quantitative estimate of drug-likeness (QED) is 0.534. The highest BCUT2D eigenvalue weighted by Gasteiger charge is 2.13. The van der Waals surface area contributed by atoms with Crippen LogP contribution in [0, 0.1) is 0 Å². The third-order valence-electron chi connectivity index (χ3n) is 4.15. The smallest absolute Gasteiger partial charge is 0.273 e. The number of nitrogens with zero attached hydrogens (tertiary/aromatic N) is 3. The lowest BCUT2D eigenvalue weighted by Gasteiger charge is -2.06. The number of nitrogens with one attached hydrogen (secondary N) is 1. The molecule has 1 aromatic carbocycles. The Kier molecular flexibility index (Phi) is 5.24. The van der Waals surface area contributed by atoms with Crippen molar-refractivity contribution < 1.29 is 14.1 Å². The van der Waals surface area contributed by atoms with Gasteiger partial charge >= 0.3 is 0 Å². The van der Waals surface area contributed by atoms with E-state index < -0.39 is 0 Å². The van der Waals surface area contributed by atoms with Crippen LogP contribution in [0.1, 0.15) is 21.9 Å². The molecule has 4 rings (SSSR count). The lowest BCUT2D eigenvalue weighted by molar-refractivity contribution is 0.0944. The summed E-state index contributed by atoms with van der Waals surface area (Å²) >= 11 is 0. The molecule has 0 saturated carbocycles. The molecule has 0 bridgehead atoms. The molecule has 28 heavy (non-hydrogen) atoms. The van der Waals surface area contributed by atoms with Gasteiger partial charge in [0.2, 0.25) is 0 Å². The van der Waals surface area contributed by atoms with Crippen molar-refractivity contribution in [2.75, 3.05) is 6.54 Å². The first kappa shape index (κ1) is 17.7. The van der Waals surface area contributed by atoms with Crippen LogP contribution in [-0.2, 0) is 13.0 Å². The molecule has 7 nitrogen and oxygen atoms in total. The minimum absolute atomic E-state index is 0.157. The maximum atomic E-state index is 12.2. The molecule has 0 atom stereocenters. The lowest BCUT2D eigenvalue weighted by Crippen LogP contribution is -2.26. The molecule has 0 fully saturated rings. The fourth-order valence-corrected chi connectivity index (χ4v) is 2.77. The summed E-state index contributed by atoms with van der Waals surface area (Å²) in [5.41, 5.74) is 1.91. The van der Waals surface area contributed by atoms with E-state index in [1.165, 1.54) is 0 Å². The highest BCUT2D eigenvalue weighted by atomic mass is 16.5. The van der Waals surface area contributed by atoms with Crippen molar-refractivity contribution in [1.29, 1.82) is 0 Å². The van der Waals surface area contributed by atoms with E-state index in [1.807, 2.05) is 48.5 Å². The van der Waals surface area contributed by atoms with Crippen molar-refractivity contribution in [1.82, 2.24) is 20.4 Å². The molecule has 0 radical (unpaired) electrons. The van der Waals surface area contributed by atoms with Crippen LogP contribution in [-0.4, -0.2) is 27.6 Å². The number of carbonyl (C=O) groups is 1. The largest absolute Gasteiger partial charge is 0.483 e. The normalized spacial score (nSPS) is 10.7. The van der Waals surface area contributed by atoms with Gasteiger partial charge in [-0.3, -0.25) is 14.8 Å². The molecule has 140 valence electrons. The monoisotopic (exact) mass is 374 g/mol. The molecule has 7 heteroatoms. The first-order chi connectivity index (χ1) is 13.8. The molecule has 0 saturated heterocycles. The van der Waals surface area contributed by atoms with Crippen molar-refractivity contribution in [2.45, 2.75) is 13.0 Å². The molecule has 4 aromatic rings. The van der Waals surface area contributed by atoms with E-state index in [4.69, 9.17) is 9.26 Å². The molecule has 0 aliphatic rings. The van der Waals surface area contributed by atoms with Crippen molar-refractivity contribution >= 4 is 16.8 Å². The topological polar surface area (TPSA) is 90.1 Å². The first-order valence-electron chi connectivity index (χ1n) is 8.90. The fraction of sp³-hybridized carbons (Fsp3) is 0.143. The zero-order chi connectivity index (χ0) is 19.2. The van der Waals surface area contributed by atoms with Crippen LogP contribution in [0.25, 0.3) is 10.9 Å². The number of hydrogen-bond donors (Lipinski definition) is 1. The summed E-state index contributed by atoms with van der Waals surface area (Å²) in [6.45, 7) is 0.625. The summed E-state index contributed by atoms with van der Waals surface area (Å²) in [5, 5.41) is 7.62. The van der Waals surface area contributed by atoms with Gasteiger partial charge < -0.3 is 14.6 Å². The molecule has 3 heterocycles. The van der Waals surface area contributed by atoms with Crippen molar-refractivity contribution in [2.24, 2.45) is 0 Å². The Balaban J connectivity index is 1.33. The van der Waals surface area contributed by atoms with Crippen LogP contribution in [0.2, 0.25) is 0 Å². The van der Waals surface area contributed by atoms with Gasteiger partial charge in [-0.1, -0.05) is 29.4 Å². The van der Waals surface area contributed by atoms with Crippen molar-refractivity contribution in [3.8, 4) is 5.75 Å². The fourth-order valence-electron chi connectivity index (χ4n) is 2.77. The molecule has 0 spiro atoms. The Bertz CT molecular complexity index is 1070. The summed E-state index contributed by atoms with van der Waals surface area (Å²) in [6.07, 6.45) is 4.10. The van der Waals surface area contributed by atoms with Crippen LogP contribution in [0.3, 0.4) is 0 Å². The Labute approximate surface area is 161 Å². The first-order valence-corrected chi connectivity index (χ1v) is 8.90. The Morgan fingerprint density at radius 2 is 1.93 bits per heavy atom.